The van der Waals surface area contributed by atoms with Crippen LogP contribution in [0.2, 0.25) is 0 Å². The number of hydrogen-bond acceptors (Lipinski definition) is 0. The maximum atomic E-state index is 2.41. The molecule has 0 aromatic carbocycles. The van der Waals surface area contributed by atoms with Gasteiger partial charge in [-0.1, -0.05) is 25.5 Å². The van der Waals surface area contributed by atoms with Crippen LogP contribution in [0.5, 0.6) is 0 Å². The molecular weight excluding hydrogens is 120 g/mol. The van der Waals surface area contributed by atoms with E-state index in [4.69, 9.17) is 0 Å². The average molecular weight is 138 g/mol. The van der Waals surface area contributed by atoms with Gasteiger partial charge in [-0.25, -0.2) is 0 Å². The van der Waals surface area contributed by atoms with Crippen molar-refractivity contribution >= 4 is 0 Å². The van der Waals surface area contributed by atoms with E-state index in [1.54, 1.807) is 5.57 Å². The lowest BCUT2D eigenvalue weighted by Crippen LogP contribution is -2.15. The molecule has 0 spiro atoms. The molecule has 0 saturated carbocycles. The first-order valence-corrected chi connectivity index (χ1v) is 4.42. The summed E-state index contributed by atoms with van der Waals surface area (Å²) >= 11 is 0. The molecule has 0 aromatic rings. The second kappa shape index (κ2) is 2.77. The topological polar surface area (TPSA) is 0 Å². The molecular formula is C10H18. The van der Waals surface area contributed by atoms with Crippen molar-refractivity contribution in [2.24, 2.45) is 5.41 Å². The van der Waals surface area contributed by atoms with Gasteiger partial charge in [-0.05, 0) is 38.0 Å². The Balaban J connectivity index is 2.74. The van der Waals surface area contributed by atoms with Gasteiger partial charge in [0.2, 0.25) is 0 Å². The van der Waals surface area contributed by atoms with Crippen molar-refractivity contribution in [1.29, 1.82) is 0 Å². The summed E-state index contributed by atoms with van der Waals surface area (Å²) < 4.78 is 0. The third-order valence-corrected chi connectivity index (χ3v) is 3.26. The van der Waals surface area contributed by atoms with Crippen molar-refractivity contribution < 1.29 is 0 Å². The van der Waals surface area contributed by atoms with Crippen molar-refractivity contribution in [3.8, 4) is 0 Å². The lowest BCUT2D eigenvalue weighted by molar-refractivity contribution is 0.325. The fourth-order valence-corrected chi connectivity index (χ4v) is 2.14. The highest BCUT2D eigenvalue weighted by Gasteiger charge is 2.30. The van der Waals surface area contributed by atoms with Gasteiger partial charge in [-0.15, -0.1) is 0 Å². The monoisotopic (exact) mass is 138 g/mol. The molecule has 0 nitrogen and oxygen atoms in total. The molecule has 0 bridgehead atoms. The van der Waals surface area contributed by atoms with Crippen molar-refractivity contribution in [2.45, 2.75) is 46.5 Å². The molecule has 10 heavy (non-hydrogen) atoms. The van der Waals surface area contributed by atoms with Crippen LogP contribution in [0.3, 0.4) is 0 Å². The van der Waals surface area contributed by atoms with E-state index in [2.05, 4.69) is 26.8 Å². The normalized spacial score (nSPS) is 22.9. The van der Waals surface area contributed by atoms with E-state index in [9.17, 15) is 0 Å². The van der Waals surface area contributed by atoms with Gasteiger partial charge >= 0.3 is 0 Å². The Morgan fingerprint density at radius 2 is 2.00 bits per heavy atom. The van der Waals surface area contributed by atoms with Crippen molar-refractivity contribution in [1.82, 2.24) is 0 Å². The highest BCUT2D eigenvalue weighted by Crippen LogP contribution is 2.44. The highest BCUT2D eigenvalue weighted by molar-refractivity contribution is 5.17. The minimum atomic E-state index is 0.597. The number of hydrogen-bond donors (Lipinski definition) is 0. The summed E-state index contributed by atoms with van der Waals surface area (Å²) in [6.45, 7) is 6.91. The van der Waals surface area contributed by atoms with E-state index in [0.29, 0.717) is 5.41 Å². The summed E-state index contributed by atoms with van der Waals surface area (Å²) in [5, 5.41) is 0. The van der Waals surface area contributed by atoms with Crippen molar-refractivity contribution in [2.75, 3.05) is 0 Å². The molecule has 0 aromatic heterocycles. The van der Waals surface area contributed by atoms with Crippen molar-refractivity contribution in [3.05, 3.63) is 11.6 Å². The fraction of sp³-hybridized carbons (Fsp3) is 0.800. The Morgan fingerprint density at radius 1 is 1.40 bits per heavy atom. The van der Waals surface area contributed by atoms with E-state index in [1.807, 2.05) is 0 Å². The third-order valence-electron chi connectivity index (χ3n) is 3.26. The van der Waals surface area contributed by atoms with Gasteiger partial charge in [0.15, 0.2) is 0 Å². The Labute approximate surface area is 64.3 Å². The zero-order valence-electron chi connectivity index (χ0n) is 7.41. The quantitative estimate of drug-likeness (QED) is 0.512. The molecule has 0 fully saturated rings. The number of rotatable bonds is 2. The van der Waals surface area contributed by atoms with Gasteiger partial charge in [0, 0.05) is 0 Å². The Morgan fingerprint density at radius 3 is 2.20 bits per heavy atom. The third kappa shape index (κ3) is 1.00. The molecule has 0 unspecified atom stereocenters. The van der Waals surface area contributed by atoms with Crippen LogP contribution in [0.15, 0.2) is 11.6 Å². The zero-order valence-corrected chi connectivity index (χ0v) is 7.41. The Hall–Kier alpha value is -0.260. The van der Waals surface area contributed by atoms with Gasteiger partial charge in [-0.2, -0.15) is 0 Å². The molecule has 1 aliphatic rings. The minimum absolute atomic E-state index is 0.597. The Kier molecular flexibility index (Phi) is 2.18. The average Bonchev–Trinajstić information content (AvgIpc) is 2.32. The highest BCUT2D eigenvalue weighted by atomic mass is 14.3. The summed E-state index contributed by atoms with van der Waals surface area (Å²) in [7, 11) is 0. The first-order valence-electron chi connectivity index (χ1n) is 4.42. The molecule has 58 valence electrons. The van der Waals surface area contributed by atoms with Gasteiger partial charge in [0.05, 0.1) is 0 Å². The maximum Gasteiger partial charge on any atom is -0.00931 e. The van der Waals surface area contributed by atoms with Crippen molar-refractivity contribution in [3.63, 3.8) is 0 Å². The largest absolute Gasteiger partial charge is 0.0850 e. The zero-order chi connectivity index (χ0) is 7.61. The van der Waals surface area contributed by atoms with E-state index in [-0.39, 0.29) is 0 Å². The van der Waals surface area contributed by atoms with E-state index >= 15 is 0 Å². The van der Waals surface area contributed by atoms with E-state index < -0.39 is 0 Å². The van der Waals surface area contributed by atoms with Crippen LogP contribution in [0.25, 0.3) is 0 Å². The molecule has 0 radical (unpaired) electrons. The van der Waals surface area contributed by atoms with Gasteiger partial charge in [0.1, 0.15) is 0 Å². The van der Waals surface area contributed by atoms with Gasteiger partial charge < -0.3 is 0 Å². The van der Waals surface area contributed by atoms with Crippen LogP contribution in [-0.2, 0) is 0 Å². The molecule has 1 aliphatic carbocycles. The predicted octanol–water partition coefficient (Wildman–Crippen LogP) is 3.53. The minimum Gasteiger partial charge on any atom is -0.0850 e. The van der Waals surface area contributed by atoms with Crippen LogP contribution in [-0.4, -0.2) is 0 Å². The first kappa shape index (κ1) is 7.84. The fourth-order valence-electron chi connectivity index (χ4n) is 2.14. The lowest BCUT2D eigenvalue weighted by Gasteiger charge is -2.28. The maximum absolute atomic E-state index is 2.41. The van der Waals surface area contributed by atoms with Crippen LogP contribution >= 0.6 is 0 Å². The summed E-state index contributed by atoms with van der Waals surface area (Å²) in [6.07, 6.45) is 7.77. The Bertz CT molecular complexity index is 138. The van der Waals surface area contributed by atoms with Crippen LogP contribution < -0.4 is 0 Å². The van der Waals surface area contributed by atoms with Gasteiger partial charge in [0.25, 0.3) is 0 Å². The molecule has 0 aliphatic heterocycles. The second-order valence-electron chi connectivity index (χ2n) is 3.41. The van der Waals surface area contributed by atoms with Crippen LogP contribution in [0.1, 0.15) is 46.5 Å². The molecule has 0 saturated heterocycles. The second-order valence-corrected chi connectivity index (χ2v) is 3.41. The predicted molar refractivity (Wildman–Crippen MR) is 46.0 cm³/mol. The molecule has 1 rings (SSSR count). The molecule has 0 atom stereocenters. The molecule has 0 heterocycles. The summed E-state index contributed by atoms with van der Waals surface area (Å²) in [4.78, 5) is 0. The van der Waals surface area contributed by atoms with E-state index in [0.717, 1.165) is 0 Å². The standard InChI is InChI=1S/C10H18/c1-4-10(5-2)8-6-7-9(10)3/h7H,4-6,8H2,1-3H3. The number of allylic oxidation sites excluding steroid dienone is 2. The summed E-state index contributed by atoms with van der Waals surface area (Å²) in [5.74, 6) is 0. The molecule has 0 N–H and O–H groups in total. The summed E-state index contributed by atoms with van der Waals surface area (Å²) in [6, 6.07) is 0. The first-order chi connectivity index (χ1) is 4.75. The SMILES string of the molecule is CCC1(CC)CCC=C1C. The summed E-state index contributed by atoms with van der Waals surface area (Å²) in [5.41, 5.74) is 2.23. The molecule has 0 amide bonds. The lowest BCUT2D eigenvalue weighted by atomic mass is 9.77. The van der Waals surface area contributed by atoms with Gasteiger partial charge in [-0.3, -0.25) is 0 Å². The van der Waals surface area contributed by atoms with Crippen LogP contribution in [0, 0.1) is 5.41 Å². The van der Waals surface area contributed by atoms with E-state index in [1.165, 1.54) is 25.7 Å². The van der Waals surface area contributed by atoms with Crippen LogP contribution in [0.4, 0.5) is 0 Å². The smallest absolute Gasteiger partial charge is 0.00931 e. The molecule has 0 heteroatoms.